The van der Waals surface area contributed by atoms with E-state index in [2.05, 4.69) is 65.0 Å². The predicted molar refractivity (Wildman–Crippen MR) is 117 cm³/mol. The van der Waals surface area contributed by atoms with Gasteiger partial charge in [-0.05, 0) is 40.1 Å². The second kappa shape index (κ2) is 6.07. The molecule has 2 saturated heterocycles. The largest absolute Gasteiger partial charge is 0.508 e. The fraction of sp³-hybridized carbons (Fsp3) is 0.385. The summed E-state index contributed by atoms with van der Waals surface area (Å²) in [6, 6.07) is 20.1. The molecule has 2 fully saturated rings. The van der Waals surface area contributed by atoms with Crippen molar-refractivity contribution in [3.05, 3.63) is 66.2 Å². The van der Waals surface area contributed by atoms with E-state index >= 15 is 0 Å². The van der Waals surface area contributed by atoms with Gasteiger partial charge in [0, 0.05) is 16.4 Å². The molecule has 1 N–H and O–H groups in total. The molecule has 0 bridgehead atoms. The monoisotopic (exact) mass is 404 g/mol. The Labute approximate surface area is 177 Å². The number of hydrogen-bond acceptors (Lipinski definition) is 4. The average molecular weight is 405 g/mol. The van der Waals surface area contributed by atoms with E-state index < -0.39 is 11.4 Å². The summed E-state index contributed by atoms with van der Waals surface area (Å²) in [4.78, 5) is 11.7. The van der Waals surface area contributed by atoms with Crippen LogP contribution in [0.2, 0.25) is 0 Å². The Morgan fingerprint density at radius 3 is 2.33 bits per heavy atom. The van der Waals surface area contributed by atoms with E-state index in [0.717, 1.165) is 27.5 Å². The molecule has 5 rings (SSSR count). The van der Waals surface area contributed by atoms with E-state index in [9.17, 15) is 5.11 Å². The zero-order chi connectivity index (χ0) is 21.4. The molecule has 2 aliphatic heterocycles. The van der Waals surface area contributed by atoms with Crippen LogP contribution in [0.1, 0.15) is 40.2 Å². The standard InChI is InChI=1S/C26H28O4/c1-23(2,3)26-24(4,5)16-28-25(26,29-30-26)19-13-18(14-20(27)15-19)22-12-8-10-17-9-6-7-11-21(17)22/h6-15,27H,16H2,1-5H3. The molecule has 2 unspecified atom stereocenters. The van der Waals surface area contributed by atoms with Crippen molar-refractivity contribution in [2.24, 2.45) is 10.8 Å². The van der Waals surface area contributed by atoms with Crippen LogP contribution in [-0.2, 0) is 20.3 Å². The normalized spacial score (nSPS) is 27.6. The van der Waals surface area contributed by atoms with E-state index in [1.165, 1.54) is 0 Å². The van der Waals surface area contributed by atoms with Gasteiger partial charge in [-0.25, -0.2) is 4.89 Å². The summed E-state index contributed by atoms with van der Waals surface area (Å²) in [5.41, 5.74) is 1.54. The maximum Gasteiger partial charge on any atom is 0.261 e. The van der Waals surface area contributed by atoms with Crippen LogP contribution in [0.15, 0.2) is 60.7 Å². The lowest BCUT2D eigenvalue weighted by atomic mass is 9.57. The third-order valence-electron chi connectivity index (χ3n) is 6.79. The molecule has 0 aromatic heterocycles. The predicted octanol–water partition coefficient (Wildman–Crippen LogP) is 6.17. The topological polar surface area (TPSA) is 47.9 Å². The van der Waals surface area contributed by atoms with Gasteiger partial charge in [0.15, 0.2) is 5.60 Å². The van der Waals surface area contributed by atoms with Crippen molar-refractivity contribution in [1.82, 2.24) is 0 Å². The number of ether oxygens (including phenoxy) is 1. The van der Waals surface area contributed by atoms with Crippen molar-refractivity contribution in [2.45, 2.75) is 46.0 Å². The third-order valence-corrected chi connectivity index (χ3v) is 6.79. The first kappa shape index (κ1) is 19.6. The van der Waals surface area contributed by atoms with Crippen LogP contribution in [0, 0.1) is 10.8 Å². The molecule has 2 aliphatic rings. The first-order valence-corrected chi connectivity index (χ1v) is 10.4. The third kappa shape index (κ3) is 2.33. The van der Waals surface area contributed by atoms with Gasteiger partial charge in [0.25, 0.3) is 5.79 Å². The van der Waals surface area contributed by atoms with Crippen LogP contribution in [0.5, 0.6) is 5.75 Å². The van der Waals surface area contributed by atoms with E-state index in [1.807, 2.05) is 18.2 Å². The molecule has 0 aliphatic carbocycles. The van der Waals surface area contributed by atoms with Gasteiger partial charge in [0.1, 0.15) is 5.75 Å². The molecule has 30 heavy (non-hydrogen) atoms. The fourth-order valence-corrected chi connectivity index (χ4v) is 5.67. The lowest BCUT2D eigenvalue weighted by molar-refractivity contribution is -0.626. The van der Waals surface area contributed by atoms with Crippen molar-refractivity contribution < 1.29 is 19.6 Å². The van der Waals surface area contributed by atoms with Crippen LogP contribution in [0.25, 0.3) is 21.9 Å². The van der Waals surface area contributed by atoms with Crippen molar-refractivity contribution >= 4 is 10.8 Å². The van der Waals surface area contributed by atoms with Gasteiger partial charge in [0.2, 0.25) is 0 Å². The van der Waals surface area contributed by atoms with E-state index in [-0.39, 0.29) is 16.6 Å². The van der Waals surface area contributed by atoms with Gasteiger partial charge in [-0.15, -0.1) is 0 Å². The number of phenols is 1. The van der Waals surface area contributed by atoms with E-state index in [1.54, 1.807) is 12.1 Å². The first-order chi connectivity index (χ1) is 14.1. The number of fused-ring (bicyclic) bond motifs is 2. The highest BCUT2D eigenvalue weighted by molar-refractivity contribution is 5.96. The smallest absolute Gasteiger partial charge is 0.261 e. The van der Waals surface area contributed by atoms with E-state index in [4.69, 9.17) is 14.5 Å². The highest BCUT2D eigenvalue weighted by Crippen LogP contribution is 2.69. The lowest BCUT2D eigenvalue weighted by Crippen LogP contribution is -2.73. The van der Waals surface area contributed by atoms with Crippen LogP contribution in [-0.4, -0.2) is 17.3 Å². The number of aromatic hydroxyl groups is 1. The van der Waals surface area contributed by atoms with Gasteiger partial charge in [-0.3, -0.25) is 0 Å². The van der Waals surface area contributed by atoms with Crippen molar-refractivity contribution in [3.8, 4) is 16.9 Å². The molecule has 4 heteroatoms. The minimum absolute atomic E-state index is 0.177. The maximum absolute atomic E-state index is 10.7. The molecular formula is C26H28O4. The summed E-state index contributed by atoms with van der Waals surface area (Å²) in [5, 5.41) is 13.0. The molecule has 3 aromatic carbocycles. The first-order valence-electron chi connectivity index (χ1n) is 10.4. The summed E-state index contributed by atoms with van der Waals surface area (Å²) in [6.07, 6.45) is 0. The molecule has 0 saturated carbocycles. The Kier molecular flexibility index (Phi) is 3.96. The Morgan fingerprint density at radius 1 is 0.900 bits per heavy atom. The molecule has 2 atom stereocenters. The molecule has 2 heterocycles. The molecule has 0 amide bonds. The van der Waals surface area contributed by atoms with Crippen LogP contribution in [0.4, 0.5) is 0 Å². The molecule has 3 aromatic rings. The Morgan fingerprint density at radius 2 is 1.63 bits per heavy atom. The fourth-order valence-electron chi connectivity index (χ4n) is 5.67. The number of benzene rings is 3. The zero-order valence-electron chi connectivity index (χ0n) is 18.2. The molecule has 4 nitrogen and oxygen atoms in total. The van der Waals surface area contributed by atoms with Crippen molar-refractivity contribution in [1.29, 1.82) is 0 Å². The van der Waals surface area contributed by atoms with Gasteiger partial charge < -0.3 is 9.84 Å². The minimum atomic E-state index is -1.06. The second-order valence-corrected chi connectivity index (χ2v) is 10.2. The minimum Gasteiger partial charge on any atom is -0.508 e. The maximum atomic E-state index is 10.7. The summed E-state index contributed by atoms with van der Waals surface area (Å²) < 4.78 is 6.35. The molecular weight excluding hydrogens is 376 g/mol. The quantitative estimate of drug-likeness (QED) is 0.519. The number of hydrogen-bond donors (Lipinski definition) is 1. The Hall–Kier alpha value is -2.40. The lowest BCUT2D eigenvalue weighted by Gasteiger charge is -2.61. The van der Waals surface area contributed by atoms with Gasteiger partial charge in [-0.2, -0.15) is 4.89 Å². The van der Waals surface area contributed by atoms with Gasteiger partial charge in [0.05, 0.1) is 6.61 Å². The Bertz CT molecular complexity index is 1140. The van der Waals surface area contributed by atoms with Gasteiger partial charge in [-0.1, -0.05) is 77.1 Å². The molecule has 0 spiro atoms. The summed E-state index contributed by atoms with van der Waals surface area (Å²) in [5.74, 6) is -0.885. The zero-order valence-corrected chi connectivity index (χ0v) is 18.2. The summed E-state index contributed by atoms with van der Waals surface area (Å²) in [7, 11) is 0. The molecule has 156 valence electrons. The highest BCUT2D eigenvalue weighted by atomic mass is 17.3. The van der Waals surface area contributed by atoms with Gasteiger partial charge >= 0.3 is 0 Å². The molecule has 0 radical (unpaired) electrons. The SMILES string of the molecule is CC(C)(C)C12OOC1(c1cc(O)cc(-c3cccc4ccccc34)c1)OCC2(C)C. The summed E-state index contributed by atoms with van der Waals surface area (Å²) >= 11 is 0. The van der Waals surface area contributed by atoms with Crippen molar-refractivity contribution in [2.75, 3.05) is 6.61 Å². The number of rotatable bonds is 2. The van der Waals surface area contributed by atoms with Crippen LogP contribution < -0.4 is 0 Å². The van der Waals surface area contributed by atoms with E-state index in [0.29, 0.717) is 6.61 Å². The Balaban J connectivity index is 1.72. The second-order valence-electron chi connectivity index (χ2n) is 10.2. The highest BCUT2D eigenvalue weighted by Gasteiger charge is 2.81. The summed E-state index contributed by atoms with van der Waals surface area (Å²) in [6.45, 7) is 11.2. The van der Waals surface area contributed by atoms with Crippen LogP contribution >= 0.6 is 0 Å². The average Bonchev–Trinajstić information content (AvgIpc) is 2.82. The number of phenolic OH excluding ortho intramolecular Hbond substituents is 1. The van der Waals surface area contributed by atoms with Crippen molar-refractivity contribution in [3.63, 3.8) is 0 Å². The van der Waals surface area contributed by atoms with Crippen LogP contribution in [0.3, 0.4) is 0 Å².